The predicted molar refractivity (Wildman–Crippen MR) is 73.0 cm³/mol. The van der Waals surface area contributed by atoms with Gasteiger partial charge in [0.15, 0.2) is 0 Å². The summed E-state index contributed by atoms with van der Waals surface area (Å²) in [6, 6.07) is 7.24. The highest BCUT2D eigenvalue weighted by Crippen LogP contribution is 2.03. The average molecular weight is 264 g/mol. The highest BCUT2D eigenvalue weighted by molar-refractivity contribution is 5.96. The van der Waals surface area contributed by atoms with E-state index in [1.165, 1.54) is 0 Å². The van der Waals surface area contributed by atoms with Crippen LogP contribution in [0.15, 0.2) is 24.3 Å². The zero-order valence-corrected chi connectivity index (χ0v) is 11.4. The second kappa shape index (κ2) is 8.26. The van der Waals surface area contributed by atoms with E-state index in [4.69, 9.17) is 4.74 Å². The first-order chi connectivity index (χ1) is 9.13. The van der Waals surface area contributed by atoms with Gasteiger partial charge in [-0.1, -0.05) is 17.7 Å². The van der Waals surface area contributed by atoms with Crippen molar-refractivity contribution in [2.24, 2.45) is 0 Å². The largest absolute Gasteiger partial charge is 0.385 e. The van der Waals surface area contributed by atoms with Crippen LogP contribution in [0, 0.1) is 6.92 Å². The van der Waals surface area contributed by atoms with Crippen molar-refractivity contribution in [3.63, 3.8) is 0 Å². The summed E-state index contributed by atoms with van der Waals surface area (Å²) in [5.41, 5.74) is 1.57. The molecule has 1 aromatic carbocycles. The molecule has 5 heteroatoms. The summed E-state index contributed by atoms with van der Waals surface area (Å²) >= 11 is 0. The Morgan fingerprint density at radius 2 is 2.05 bits per heavy atom. The van der Waals surface area contributed by atoms with Gasteiger partial charge in [-0.3, -0.25) is 9.59 Å². The molecule has 0 saturated carbocycles. The fraction of sp³-hybridized carbons (Fsp3) is 0.429. The third kappa shape index (κ3) is 6.01. The van der Waals surface area contributed by atoms with Crippen LogP contribution in [0.2, 0.25) is 0 Å². The molecule has 19 heavy (non-hydrogen) atoms. The number of hydrogen-bond acceptors (Lipinski definition) is 3. The summed E-state index contributed by atoms with van der Waals surface area (Å²) in [5.74, 6) is -0.437. The summed E-state index contributed by atoms with van der Waals surface area (Å²) in [4.78, 5) is 23.2. The average Bonchev–Trinajstić information content (AvgIpc) is 2.41. The number of carbonyl (C=O) groups is 2. The minimum absolute atomic E-state index is 0.0141. The van der Waals surface area contributed by atoms with E-state index < -0.39 is 0 Å². The SMILES string of the molecule is COCCCNC(=O)CNC(=O)c1cccc(C)c1. The van der Waals surface area contributed by atoms with Gasteiger partial charge in [0.1, 0.15) is 0 Å². The first-order valence-electron chi connectivity index (χ1n) is 6.24. The normalized spacial score (nSPS) is 10.0. The van der Waals surface area contributed by atoms with E-state index >= 15 is 0 Å². The Balaban J connectivity index is 2.28. The summed E-state index contributed by atoms with van der Waals surface area (Å²) in [6.45, 7) is 3.06. The molecule has 0 bridgehead atoms. The Labute approximate surface area is 113 Å². The first-order valence-corrected chi connectivity index (χ1v) is 6.24. The zero-order chi connectivity index (χ0) is 14.1. The van der Waals surface area contributed by atoms with Crippen molar-refractivity contribution in [3.05, 3.63) is 35.4 Å². The van der Waals surface area contributed by atoms with Gasteiger partial charge in [-0.2, -0.15) is 0 Å². The molecule has 0 fully saturated rings. The fourth-order valence-corrected chi connectivity index (χ4v) is 1.56. The number of nitrogens with one attached hydrogen (secondary N) is 2. The molecule has 0 unspecified atom stereocenters. The second-order valence-electron chi connectivity index (χ2n) is 4.25. The van der Waals surface area contributed by atoms with Crippen molar-refractivity contribution < 1.29 is 14.3 Å². The molecule has 1 aromatic rings. The van der Waals surface area contributed by atoms with Gasteiger partial charge < -0.3 is 15.4 Å². The minimum Gasteiger partial charge on any atom is -0.385 e. The number of carbonyl (C=O) groups excluding carboxylic acids is 2. The van der Waals surface area contributed by atoms with E-state index in [1.807, 2.05) is 19.1 Å². The highest BCUT2D eigenvalue weighted by Gasteiger charge is 2.07. The number of rotatable bonds is 7. The summed E-state index contributed by atoms with van der Waals surface area (Å²) in [5, 5.41) is 5.29. The van der Waals surface area contributed by atoms with Crippen molar-refractivity contribution in [2.45, 2.75) is 13.3 Å². The summed E-state index contributed by atoms with van der Waals surface area (Å²) in [6.07, 6.45) is 0.758. The van der Waals surface area contributed by atoms with Crippen molar-refractivity contribution in [2.75, 3.05) is 26.8 Å². The smallest absolute Gasteiger partial charge is 0.251 e. The lowest BCUT2D eigenvalue weighted by Gasteiger charge is -2.07. The van der Waals surface area contributed by atoms with Gasteiger partial charge in [-0.25, -0.2) is 0 Å². The Bertz CT molecular complexity index is 432. The second-order valence-corrected chi connectivity index (χ2v) is 4.25. The Morgan fingerprint density at radius 3 is 2.74 bits per heavy atom. The molecular weight excluding hydrogens is 244 g/mol. The number of methoxy groups -OCH3 is 1. The van der Waals surface area contributed by atoms with Crippen LogP contribution >= 0.6 is 0 Å². The highest BCUT2D eigenvalue weighted by atomic mass is 16.5. The van der Waals surface area contributed by atoms with Gasteiger partial charge in [0, 0.05) is 25.8 Å². The Kier molecular flexibility index (Phi) is 6.60. The monoisotopic (exact) mass is 264 g/mol. The van der Waals surface area contributed by atoms with Crippen molar-refractivity contribution in [3.8, 4) is 0 Å². The number of hydrogen-bond donors (Lipinski definition) is 2. The molecule has 0 aromatic heterocycles. The molecule has 0 aliphatic carbocycles. The molecule has 2 N–H and O–H groups in total. The zero-order valence-electron chi connectivity index (χ0n) is 11.4. The molecule has 0 aliphatic rings. The van der Waals surface area contributed by atoms with Crippen LogP contribution in [0.5, 0.6) is 0 Å². The maximum absolute atomic E-state index is 11.8. The molecular formula is C14H20N2O3. The summed E-state index contributed by atoms with van der Waals surface area (Å²) < 4.78 is 4.87. The maximum Gasteiger partial charge on any atom is 0.251 e. The van der Waals surface area contributed by atoms with Crippen LogP contribution in [0.4, 0.5) is 0 Å². The lowest BCUT2D eigenvalue weighted by atomic mass is 10.1. The van der Waals surface area contributed by atoms with E-state index in [2.05, 4.69) is 10.6 Å². The van der Waals surface area contributed by atoms with Crippen molar-refractivity contribution >= 4 is 11.8 Å². The van der Waals surface area contributed by atoms with Crippen LogP contribution in [0.3, 0.4) is 0 Å². The van der Waals surface area contributed by atoms with Gasteiger partial charge in [0.25, 0.3) is 5.91 Å². The third-order valence-corrected chi connectivity index (χ3v) is 2.54. The van der Waals surface area contributed by atoms with E-state index in [0.29, 0.717) is 18.7 Å². The number of aryl methyl sites for hydroxylation is 1. The summed E-state index contributed by atoms with van der Waals surface area (Å²) in [7, 11) is 1.61. The lowest BCUT2D eigenvalue weighted by molar-refractivity contribution is -0.120. The molecule has 0 radical (unpaired) electrons. The lowest BCUT2D eigenvalue weighted by Crippen LogP contribution is -2.37. The van der Waals surface area contributed by atoms with Gasteiger partial charge in [0.05, 0.1) is 6.54 Å². The quantitative estimate of drug-likeness (QED) is 0.718. The van der Waals surface area contributed by atoms with Crippen LogP contribution in [-0.4, -0.2) is 38.6 Å². The molecule has 104 valence electrons. The van der Waals surface area contributed by atoms with Gasteiger partial charge in [-0.05, 0) is 25.5 Å². The molecule has 0 heterocycles. The van der Waals surface area contributed by atoms with Crippen LogP contribution in [0.1, 0.15) is 22.3 Å². The molecule has 0 spiro atoms. The molecule has 0 aliphatic heterocycles. The maximum atomic E-state index is 11.8. The number of amides is 2. The standard InChI is InChI=1S/C14H20N2O3/c1-11-5-3-6-12(9-11)14(18)16-10-13(17)15-7-4-8-19-2/h3,5-6,9H,4,7-8,10H2,1-2H3,(H,15,17)(H,16,18). The molecule has 2 amide bonds. The molecule has 1 rings (SSSR count). The van der Waals surface area contributed by atoms with Crippen LogP contribution in [0.25, 0.3) is 0 Å². The first kappa shape index (κ1) is 15.2. The fourth-order valence-electron chi connectivity index (χ4n) is 1.56. The van der Waals surface area contributed by atoms with Gasteiger partial charge in [-0.15, -0.1) is 0 Å². The topological polar surface area (TPSA) is 67.4 Å². The Morgan fingerprint density at radius 1 is 1.26 bits per heavy atom. The van der Waals surface area contributed by atoms with Gasteiger partial charge >= 0.3 is 0 Å². The van der Waals surface area contributed by atoms with Gasteiger partial charge in [0.2, 0.25) is 5.91 Å². The molecule has 0 saturated heterocycles. The minimum atomic E-state index is -0.240. The molecule has 5 nitrogen and oxygen atoms in total. The third-order valence-electron chi connectivity index (χ3n) is 2.54. The van der Waals surface area contributed by atoms with Crippen LogP contribution < -0.4 is 10.6 Å². The van der Waals surface area contributed by atoms with Crippen LogP contribution in [-0.2, 0) is 9.53 Å². The predicted octanol–water partition coefficient (Wildman–Crippen LogP) is 0.878. The van der Waals surface area contributed by atoms with E-state index in [0.717, 1.165) is 12.0 Å². The van der Waals surface area contributed by atoms with E-state index in [1.54, 1.807) is 19.2 Å². The number of benzene rings is 1. The van der Waals surface area contributed by atoms with Crippen molar-refractivity contribution in [1.82, 2.24) is 10.6 Å². The van der Waals surface area contributed by atoms with E-state index in [-0.39, 0.29) is 18.4 Å². The Hall–Kier alpha value is -1.88. The van der Waals surface area contributed by atoms with E-state index in [9.17, 15) is 9.59 Å². The molecule has 0 atom stereocenters. The number of ether oxygens (including phenoxy) is 1. The van der Waals surface area contributed by atoms with Crippen molar-refractivity contribution in [1.29, 1.82) is 0 Å².